The molecule has 0 aromatic heterocycles. The molecule has 1 N–H and O–H groups in total. The molecule has 1 aromatic rings. The Kier molecular flexibility index (Phi) is 4.48. The summed E-state index contributed by atoms with van der Waals surface area (Å²) in [4.78, 5) is 1.33. The van der Waals surface area contributed by atoms with Crippen LogP contribution in [0, 0.1) is 0 Å². The first-order valence-electron chi connectivity index (χ1n) is 6.18. The maximum absolute atomic E-state index is 5.45. The molecule has 2 rings (SSSR count). The molecule has 0 unspecified atom stereocenters. The van der Waals surface area contributed by atoms with Gasteiger partial charge < -0.3 is 10.1 Å². The van der Waals surface area contributed by atoms with Gasteiger partial charge in [0.05, 0.1) is 13.2 Å². The zero-order valence-electron chi connectivity index (χ0n) is 10.7. The van der Waals surface area contributed by atoms with E-state index in [0.29, 0.717) is 0 Å². The van der Waals surface area contributed by atoms with Crippen LogP contribution in [0.3, 0.4) is 0 Å². The molecule has 1 heterocycles. The van der Waals surface area contributed by atoms with Crippen molar-refractivity contribution in [3.8, 4) is 0 Å². The van der Waals surface area contributed by atoms with Crippen molar-refractivity contribution in [3.05, 3.63) is 29.8 Å². The van der Waals surface area contributed by atoms with E-state index in [-0.39, 0.29) is 5.41 Å². The van der Waals surface area contributed by atoms with Gasteiger partial charge in [-0.25, -0.2) is 0 Å². The van der Waals surface area contributed by atoms with Crippen LogP contribution in [0.5, 0.6) is 0 Å². The van der Waals surface area contributed by atoms with E-state index in [4.69, 9.17) is 4.74 Å². The van der Waals surface area contributed by atoms with E-state index in [1.165, 1.54) is 23.3 Å². The van der Waals surface area contributed by atoms with E-state index in [9.17, 15) is 0 Å². The quantitative estimate of drug-likeness (QED) is 0.620. The number of hydrogen-bond donors (Lipinski definition) is 1. The third-order valence-electron chi connectivity index (χ3n) is 3.54. The topological polar surface area (TPSA) is 21.3 Å². The Morgan fingerprint density at radius 2 is 2.00 bits per heavy atom. The third kappa shape index (κ3) is 2.84. The number of nitrogens with one attached hydrogen (secondary N) is 1. The Bertz CT molecular complexity index is 346. The molecular weight excluding hydrogens is 230 g/mol. The molecule has 17 heavy (non-hydrogen) atoms. The Balaban J connectivity index is 2.05. The Labute approximate surface area is 108 Å². The predicted octanol–water partition coefficient (Wildman–Crippen LogP) is 2.68. The monoisotopic (exact) mass is 251 g/mol. The second-order valence-corrected chi connectivity index (χ2v) is 5.59. The van der Waals surface area contributed by atoms with E-state index >= 15 is 0 Å². The average molecular weight is 251 g/mol. The van der Waals surface area contributed by atoms with Crippen LogP contribution >= 0.6 is 11.8 Å². The SMILES string of the molecule is CNCCCC1(c2ccc(SC)cc2)COC1. The summed E-state index contributed by atoms with van der Waals surface area (Å²) in [5, 5.41) is 3.21. The van der Waals surface area contributed by atoms with Crippen LogP contribution in [-0.2, 0) is 10.2 Å². The number of hydrogen-bond acceptors (Lipinski definition) is 3. The van der Waals surface area contributed by atoms with Crippen molar-refractivity contribution < 1.29 is 4.74 Å². The Morgan fingerprint density at radius 1 is 1.29 bits per heavy atom. The number of thioether (sulfide) groups is 1. The van der Waals surface area contributed by atoms with Gasteiger partial charge in [0.25, 0.3) is 0 Å². The van der Waals surface area contributed by atoms with Crippen LogP contribution in [0.25, 0.3) is 0 Å². The fourth-order valence-corrected chi connectivity index (χ4v) is 2.76. The van der Waals surface area contributed by atoms with Crippen molar-refractivity contribution in [1.29, 1.82) is 0 Å². The van der Waals surface area contributed by atoms with Gasteiger partial charge in [-0.2, -0.15) is 0 Å². The Morgan fingerprint density at radius 3 is 2.47 bits per heavy atom. The van der Waals surface area contributed by atoms with Gasteiger partial charge in [0.1, 0.15) is 0 Å². The van der Waals surface area contributed by atoms with Crippen LogP contribution in [-0.4, -0.2) is 33.1 Å². The summed E-state index contributed by atoms with van der Waals surface area (Å²) in [5.41, 5.74) is 1.73. The van der Waals surface area contributed by atoms with Crippen molar-refractivity contribution in [1.82, 2.24) is 5.32 Å². The number of rotatable bonds is 6. The number of benzene rings is 1. The molecule has 0 saturated carbocycles. The molecule has 1 aliphatic rings. The van der Waals surface area contributed by atoms with Crippen molar-refractivity contribution in [3.63, 3.8) is 0 Å². The summed E-state index contributed by atoms with van der Waals surface area (Å²) in [6.45, 7) is 2.86. The summed E-state index contributed by atoms with van der Waals surface area (Å²) in [6, 6.07) is 8.98. The van der Waals surface area contributed by atoms with Crippen molar-refractivity contribution in [2.75, 3.05) is 33.1 Å². The van der Waals surface area contributed by atoms with Gasteiger partial charge in [-0.1, -0.05) is 12.1 Å². The van der Waals surface area contributed by atoms with Crippen molar-refractivity contribution in [2.24, 2.45) is 0 Å². The first-order valence-corrected chi connectivity index (χ1v) is 7.40. The van der Waals surface area contributed by atoms with E-state index < -0.39 is 0 Å². The average Bonchev–Trinajstić information content (AvgIpc) is 2.33. The molecule has 1 aliphatic heterocycles. The largest absolute Gasteiger partial charge is 0.379 e. The molecule has 0 bridgehead atoms. The minimum atomic E-state index is 0.286. The molecule has 3 heteroatoms. The first kappa shape index (κ1) is 12.9. The molecule has 0 radical (unpaired) electrons. The highest BCUT2D eigenvalue weighted by Crippen LogP contribution is 2.37. The minimum absolute atomic E-state index is 0.286. The highest BCUT2D eigenvalue weighted by Gasteiger charge is 2.39. The van der Waals surface area contributed by atoms with Crippen molar-refractivity contribution >= 4 is 11.8 Å². The zero-order valence-corrected chi connectivity index (χ0v) is 11.5. The van der Waals surface area contributed by atoms with Gasteiger partial charge in [0.2, 0.25) is 0 Å². The van der Waals surface area contributed by atoms with Gasteiger partial charge in [-0.15, -0.1) is 11.8 Å². The maximum atomic E-state index is 5.45. The Hall–Kier alpha value is -0.510. The van der Waals surface area contributed by atoms with Crippen molar-refractivity contribution in [2.45, 2.75) is 23.2 Å². The lowest BCUT2D eigenvalue weighted by Gasteiger charge is -2.42. The van der Waals surface area contributed by atoms with Gasteiger partial charge in [-0.3, -0.25) is 0 Å². The summed E-state index contributed by atoms with van der Waals surface area (Å²) in [5.74, 6) is 0. The van der Waals surface area contributed by atoms with E-state index in [1.54, 1.807) is 11.8 Å². The van der Waals surface area contributed by atoms with Gasteiger partial charge in [-0.05, 0) is 50.4 Å². The summed E-state index contributed by atoms with van der Waals surface area (Å²) < 4.78 is 5.45. The van der Waals surface area contributed by atoms with Gasteiger partial charge in [0.15, 0.2) is 0 Å². The second kappa shape index (κ2) is 5.89. The second-order valence-electron chi connectivity index (χ2n) is 4.71. The fraction of sp³-hybridized carbons (Fsp3) is 0.571. The van der Waals surface area contributed by atoms with E-state index in [1.807, 2.05) is 7.05 Å². The zero-order chi connectivity index (χ0) is 12.1. The standard InChI is InChI=1S/C14H21NOS/c1-15-9-3-8-14(10-16-11-14)12-4-6-13(17-2)7-5-12/h4-7,15H,3,8-11H2,1-2H3. The molecule has 1 aromatic carbocycles. The lowest BCUT2D eigenvalue weighted by atomic mass is 9.75. The highest BCUT2D eigenvalue weighted by atomic mass is 32.2. The van der Waals surface area contributed by atoms with Gasteiger partial charge >= 0.3 is 0 Å². The molecule has 0 amide bonds. The number of ether oxygens (including phenoxy) is 1. The lowest BCUT2D eigenvalue weighted by molar-refractivity contribution is -0.0650. The van der Waals surface area contributed by atoms with Crippen LogP contribution in [0.15, 0.2) is 29.2 Å². The lowest BCUT2D eigenvalue weighted by Crippen LogP contribution is -2.47. The molecule has 2 nitrogen and oxygen atoms in total. The minimum Gasteiger partial charge on any atom is -0.379 e. The molecule has 0 spiro atoms. The maximum Gasteiger partial charge on any atom is 0.0585 e. The van der Waals surface area contributed by atoms with Crippen LogP contribution in [0.2, 0.25) is 0 Å². The summed E-state index contributed by atoms with van der Waals surface area (Å²) in [7, 11) is 2.01. The third-order valence-corrected chi connectivity index (χ3v) is 4.28. The van der Waals surface area contributed by atoms with E-state index in [2.05, 4.69) is 35.8 Å². The molecule has 0 aliphatic carbocycles. The molecule has 1 fully saturated rings. The predicted molar refractivity (Wildman–Crippen MR) is 73.9 cm³/mol. The molecular formula is C14H21NOS. The molecule has 94 valence electrons. The molecule has 1 saturated heterocycles. The van der Waals surface area contributed by atoms with E-state index in [0.717, 1.165) is 19.8 Å². The van der Waals surface area contributed by atoms with Gasteiger partial charge in [0, 0.05) is 10.3 Å². The van der Waals surface area contributed by atoms with Crippen LogP contribution < -0.4 is 5.32 Å². The fourth-order valence-electron chi connectivity index (χ4n) is 2.35. The first-order chi connectivity index (χ1) is 8.30. The van der Waals surface area contributed by atoms with Crippen LogP contribution in [0.1, 0.15) is 18.4 Å². The smallest absolute Gasteiger partial charge is 0.0585 e. The highest BCUT2D eigenvalue weighted by molar-refractivity contribution is 7.98. The summed E-state index contributed by atoms with van der Waals surface area (Å²) in [6.07, 6.45) is 4.54. The van der Waals surface area contributed by atoms with Crippen LogP contribution in [0.4, 0.5) is 0 Å². The summed E-state index contributed by atoms with van der Waals surface area (Å²) >= 11 is 1.79. The molecule has 0 atom stereocenters. The normalized spacial score (nSPS) is 17.8.